The topological polar surface area (TPSA) is 51.6 Å². The Bertz CT molecular complexity index is 2760. The third-order valence-corrected chi connectivity index (χ3v) is 13.3. The summed E-state index contributed by atoms with van der Waals surface area (Å²) in [6.45, 7) is 5.03. The van der Waals surface area contributed by atoms with E-state index in [1.165, 1.54) is 58.7 Å². The number of para-hydroxylation sites is 1. The second-order valence-electron chi connectivity index (χ2n) is 16.5. The molecular weight excluding hydrogens is 669 g/mol. The van der Waals surface area contributed by atoms with Gasteiger partial charge in [-0.15, -0.1) is 0 Å². The lowest BCUT2D eigenvalue weighted by atomic mass is 9.49. The zero-order chi connectivity index (χ0) is 36.7. The predicted octanol–water partition coefficient (Wildman–Crippen LogP) is 12.6. The van der Waals surface area contributed by atoms with E-state index in [-0.39, 0.29) is 5.41 Å². The average molecular weight is 711 g/mol. The van der Waals surface area contributed by atoms with Gasteiger partial charge in [-0.1, -0.05) is 141 Å². The summed E-state index contributed by atoms with van der Waals surface area (Å²) in [4.78, 5) is 20.3. The molecule has 6 aromatic carbocycles. The highest BCUT2D eigenvalue weighted by Crippen LogP contribution is 2.65. The lowest BCUT2D eigenvalue weighted by Gasteiger charge is -2.54. The molecule has 3 aliphatic rings. The summed E-state index contributed by atoms with van der Waals surface area (Å²) in [6.07, 6.45) is 7.08. The van der Waals surface area contributed by atoms with E-state index in [2.05, 4.69) is 141 Å². The highest BCUT2D eigenvalue weighted by atomic mass is 15.0. The van der Waals surface area contributed by atoms with Gasteiger partial charge in [0, 0.05) is 39.3 Å². The van der Waals surface area contributed by atoms with Crippen LogP contribution in [0.1, 0.15) is 50.7 Å². The van der Waals surface area contributed by atoms with Crippen molar-refractivity contribution in [2.45, 2.75) is 44.9 Å². The first-order valence-electron chi connectivity index (χ1n) is 20.0. The third kappa shape index (κ3) is 5.04. The summed E-state index contributed by atoms with van der Waals surface area (Å²) in [5, 5.41) is 3.80. The first kappa shape index (κ1) is 32.4. The van der Waals surface area contributed by atoms with Gasteiger partial charge >= 0.3 is 0 Å². The second kappa shape index (κ2) is 12.5. The Kier molecular flexibility index (Phi) is 7.39. The van der Waals surface area contributed by atoms with Gasteiger partial charge in [-0.3, -0.25) is 4.98 Å². The quantitative estimate of drug-likeness (QED) is 0.182. The largest absolute Gasteiger partial charge is 0.256 e. The minimum absolute atomic E-state index is 0.0414. The number of nitrogens with zero attached hydrogens (tertiary/aromatic N) is 4. The molecule has 4 heteroatoms. The van der Waals surface area contributed by atoms with Crippen LogP contribution in [0.4, 0.5) is 0 Å². The van der Waals surface area contributed by atoms with Crippen molar-refractivity contribution in [1.82, 2.24) is 19.9 Å². The first-order chi connectivity index (χ1) is 27.0. The molecule has 0 saturated heterocycles. The fourth-order valence-electron chi connectivity index (χ4n) is 11.2. The Morgan fingerprint density at radius 2 is 1.20 bits per heavy atom. The molecule has 2 heterocycles. The maximum atomic E-state index is 5.27. The van der Waals surface area contributed by atoms with Gasteiger partial charge in [0.05, 0.1) is 5.52 Å². The molecule has 2 aromatic heterocycles. The normalized spacial score (nSPS) is 22.5. The Morgan fingerprint density at radius 3 is 2.04 bits per heavy atom. The fraction of sp³-hybridized carbons (Fsp3) is 0.216. The number of fused-ring (bicyclic) bond motifs is 11. The van der Waals surface area contributed by atoms with Gasteiger partial charge in [0.1, 0.15) is 0 Å². The summed E-state index contributed by atoms with van der Waals surface area (Å²) in [5.41, 5.74) is 12.0. The van der Waals surface area contributed by atoms with Crippen molar-refractivity contribution < 1.29 is 0 Å². The predicted molar refractivity (Wildman–Crippen MR) is 224 cm³/mol. The van der Waals surface area contributed by atoms with E-state index >= 15 is 0 Å². The Labute approximate surface area is 322 Å². The van der Waals surface area contributed by atoms with E-state index in [0.29, 0.717) is 29.3 Å². The third-order valence-electron chi connectivity index (χ3n) is 13.3. The molecule has 266 valence electrons. The van der Waals surface area contributed by atoms with Crippen LogP contribution in [-0.4, -0.2) is 19.9 Å². The number of pyridine rings is 1. The van der Waals surface area contributed by atoms with Crippen molar-refractivity contribution in [3.8, 4) is 56.4 Å². The zero-order valence-electron chi connectivity index (χ0n) is 31.3. The van der Waals surface area contributed by atoms with Gasteiger partial charge < -0.3 is 0 Å². The molecule has 0 amide bonds. The molecule has 1 spiro atoms. The monoisotopic (exact) mass is 710 g/mol. The number of aromatic nitrogens is 4. The Hall–Kier alpha value is -6.00. The van der Waals surface area contributed by atoms with Crippen molar-refractivity contribution in [3.63, 3.8) is 0 Å². The summed E-state index contributed by atoms with van der Waals surface area (Å²) in [5.74, 6) is 4.76. The molecule has 5 unspecified atom stereocenters. The van der Waals surface area contributed by atoms with Crippen molar-refractivity contribution in [2.24, 2.45) is 23.7 Å². The maximum absolute atomic E-state index is 5.27. The molecule has 8 aromatic rings. The SMILES string of the molecule is CC1CC2CC(C)C3(c4cc(-c5nc(-c6ccccc6)nc(-c6ccc(-c7cccc8cccnc78)cc6)n5)ccc4-c4c3ccc3ccccc43)C(C1)C2. The summed E-state index contributed by atoms with van der Waals surface area (Å²) < 4.78 is 0. The molecule has 4 nitrogen and oxygen atoms in total. The van der Waals surface area contributed by atoms with Gasteiger partial charge in [-0.2, -0.15) is 0 Å². The molecular formula is C51H42N4. The number of benzene rings is 6. The van der Waals surface area contributed by atoms with E-state index in [1.54, 1.807) is 0 Å². The van der Waals surface area contributed by atoms with E-state index in [1.807, 2.05) is 18.3 Å². The van der Waals surface area contributed by atoms with Gasteiger partial charge in [0.25, 0.3) is 0 Å². The summed E-state index contributed by atoms with van der Waals surface area (Å²) >= 11 is 0. The standard InChI is InChI=1S/C51H42N4/c1-31-26-33-28-32(2)51(40(27-31)29-33)44-24-22-34-10-6-7-15-41(34)46(44)43-23-21-39(30-45(43)51)50-54-48(37-11-4-3-5-12-37)53-49(55-50)38-19-17-35(18-20-38)42-16-8-13-36-14-9-25-52-47(36)42/h3-25,30-33,40H,26-29H2,1-2H3. The Balaban J connectivity index is 1.08. The van der Waals surface area contributed by atoms with Crippen molar-refractivity contribution in [1.29, 1.82) is 0 Å². The van der Waals surface area contributed by atoms with Crippen LogP contribution >= 0.6 is 0 Å². The molecule has 0 N–H and O–H groups in total. The van der Waals surface area contributed by atoms with Gasteiger partial charge in [0.15, 0.2) is 17.5 Å². The van der Waals surface area contributed by atoms with E-state index in [4.69, 9.17) is 19.9 Å². The van der Waals surface area contributed by atoms with Gasteiger partial charge in [-0.05, 0) is 100 Å². The molecule has 3 aliphatic carbocycles. The number of hydrogen-bond acceptors (Lipinski definition) is 4. The molecule has 5 atom stereocenters. The minimum atomic E-state index is -0.0414. The van der Waals surface area contributed by atoms with Crippen LogP contribution in [0.5, 0.6) is 0 Å². The van der Waals surface area contributed by atoms with Crippen LogP contribution in [0, 0.1) is 23.7 Å². The maximum Gasteiger partial charge on any atom is 0.164 e. The highest BCUT2D eigenvalue weighted by molar-refractivity contribution is 6.03. The van der Waals surface area contributed by atoms with Crippen LogP contribution in [0.2, 0.25) is 0 Å². The zero-order valence-corrected chi connectivity index (χ0v) is 31.3. The van der Waals surface area contributed by atoms with Crippen molar-refractivity contribution in [2.75, 3.05) is 0 Å². The molecule has 2 saturated carbocycles. The number of hydrogen-bond donors (Lipinski definition) is 0. The molecule has 2 bridgehead atoms. The van der Waals surface area contributed by atoms with E-state index < -0.39 is 0 Å². The summed E-state index contributed by atoms with van der Waals surface area (Å²) in [6, 6.07) is 50.3. The molecule has 0 aliphatic heterocycles. The van der Waals surface area contributed by atoms with E-state index in [9.17, 15) is 0 Å². The van der Waals surface area contributed by atoms with Gasteiger partial charge in [0.2, 0.25) is 0 Å². The Morgan fingerprint density at radius 1 is 0.509 bits per heavy atom. The lowest BCUT2D eigenvalue weighted by molar-refractivity contribution is 0.0426. The van der Waals surface area contributed by atoms with Crippen LogP contribution in [-0.2, 0) is 5.41 Å². The molecule has 55 heavy (non-hydrogen) atoms. The van der Waals surface area contributed by atoms with Crippen LogP contribution in [0.3, 0.4) is 0 Å². The van der Waals surface area contributed by atoms with E-state index in [0.717, 1.165) is 50.6 Å². The number of rotatable bonds is 4. The minimum Gasteiger partial charge on any atom is -0.256 e. The van der Waals surface area contributed by atoms with Crippen LogP contribution in [0.25, 0.3) is 78.1 Å². The van der Waals surface area contributed by atoms with Crippen molar-refractivity contribution >= 4 is 21.7 Å². The van der Waals surface area contributed by atoms with Crippen LogP contribution in [0.15, 0.2) is 146 Å². The van der Waals surface area contributed by atoms with Crippen molar-refractivity contribution in [3.05, 3.63) is 157 Å². The highest BCUT2D eigenvalue weighted by Gasteiger charge is 2.56. The first-order valence-corrected chi connectivity index (χ1v) is 20.0. The van der Waals surface area contributed by atoms with Crippen LogP contribution < -0.4 is 0 Å². The molecule has 2 fully saturated rings. The fourth-order valence-corrected chi connectivity index (χ4v) is 11.2. The van der Waals surface area contributed by atoms with Gasteiger partial charge in [-0.25, -0.2) is 15.0 Å². The average Bonchev–Trinajstić information content (AvgIpc) is 3.54. The second-order valence-corrected chi connectivity index (χ2v) is 16.5. The molecule has 0 radical (unpaired) electrons. The molecule has 11 rings (SSSR count). The smallest absolute Gasteiger partial charge is 0.164 e. The summed E-state index contributed by atoms with van der Waals surface area (Å²) in [7, 11) is 0. The lowest BCUT2D eigenvalue weighted by Crippen LogP contribution is -2.49.